The molecule has 0 saturated carbocycles. The van der Waals surface area contributed by atoms with Gasteiger partial charge in [0.2, 0.25) is 0 Å². The number of ketones is 1. The van der Waals surface area contributed by atoms with E-state index in [9.17, 15) is 40.0 Å². The summed E-state index contributed by atoms with van der Waals surface area (Å²) in [6.45, 7) is 2.21. The van der Waals surface area contributed by atoms with Crippen LogP contribution in [-0.4, -0.2) is 31.6 Å². The van der Waals surface area contributed by atoms with Crippen molar-refractivity contribution < 1.29 is 29.3 Å². The maximum absolute atomic E-state index is 11.9. The molecule has 27 heavy (non-hydrogen) atoms. The molecule has 12 heteroatoms. The average Bonchev–Trinajstić information content (AvgIpc) is 2.53. The van der Waals surface area contributed by atoms with Gasteiger partial charge in [-0.25, -0.2) is 4.79 Å². The molecule has 0 spiro atoms. The van der Waals surface area contributed by atoms with Crippen LogP contribution in [0.2, 0.25) is 0 Å². The zero-order chi connectivity index (χ0) is 20.5. The van der Waals surface area contributed by atoms with E-state index in [2.05, 4.69) is 9.41 Å². The van der Waals surface area contributed by atoms with E-state index in [0.717, 1.165) is 25.1 Å². The van der Waals surface area contributed by atoms with Crippen molar-refractivity contribution in [3.63, 3.8) is 0 Å². The second kappa shape index (κ2) is 7.03. The molecular weight excluding hydrogens is 366 g/mol. The van der Waals surface area contributed by atoms with Crippen molar-refractivity contribution in [3.05, 3.63) is 60.0 Å². The van der Waals surface area contributed by atoms with Crippen molar-refractivity contribution in [2.75, 3.05) is 0 Å². The summed E-state index contributed by atoms with van der Waals surface area (Å²) in [7, 11) is 0. The molecule has 0 bridgehead atoms. The predicted molar refractivity (Wildman–Crippen MR) is 89.9 cm³/mol. The number of aromatic hydroxyl groups is 2. The molecule has 12 nitrogen and oxygen atoms in total. The number of hydrogen-bond donors (Lipinski definition) is 2. The number of aliphatic imine (C=N–C) groups is 1. The molecule has 2 N–H and O–H groups in total. The maximum Gasteiger partial charge on any atom is 0.351 e. The molecule has 0 atom stereocenters. The maximum atomic E-state index is 11.9. The van der Waals surface area contributed by atoms with E-state index in [1.54, 1.807) is 0 Å². The van der Waals surface area contributed by atoms with E-state index in [-0.39, 0.29) is 11.4 Å². The number of carbonyl (C=O) groups is 1. The molecule has 2 aromatic rings. The molecule has 1 aromatic heterocycles. The fourth-order valence-corrected chi connectivity index (χ4v) is 2.25. The van der Waals surface area contributed by atoms with Gasteiger partial charge in [-0.05, 0) is 13.8 Å². The highest BCUT2D eigenvalue weighted by Gasteiger charge is 2.24. The Labute approximate surface area is 149 Å². The predicted octanol–water partition coefficient (Wildman–Crippen LogP) is 2.21. The van der Waals surface area contributed by atoms with Crippen LogP contribution in [0.5, 0.6) is 11.7 Å². The second-order valence-corrected chi connectivity index (χ2v) is 5.27. The van der Waals surface area contributed by atoms with Crippen molar-refractivity contribution in [3.8, 4) is 11.7 Å². The van der Waals surface area contributed by atoms with E-state index in [4.69, 9.17) is 0 Å². The van der Waals surface area contributed by atoms with Crippen molar-refractivity contribution in [1.82, 2.24) is 0 Å². The van der Waals surface area contributed by atoms with Crippen LogP contribution in [0.3, 0.4) is 0 Å². The van der Waals surface area contributed by atoms with Gasteiger partial charge in [0.05, 0.1) is 27.3 Å². The monoisotopic (exact) mass is 377 g/mol. The molecule has 1 heterocycles. The van der Waals surface area contributed by atoms with Gasteiger partial charge in [0.1, 0.15) is 16.9 Å². The molecule has 0 unspecified atom stereocenters. The lowest BCUT2D eigenvalue weighted by atomic mass is 10.1. The van der Waals surface area contributed by atoms with Crippen molar-refractivity contribution >= 4 is 28.6 Å². The number of Topliss-reactive ketones (excluding diaryl/α,β-unsaturated/α-hetero) is 1. The average molecular weight is 377 g/mol. The number of nitrogens with zero attached hydrogens (tertiary/aromatic N) is 3. The van der Waals surface area contributed by atoms with Crippen LogP contribution in [0.4, 0.5) is 17.1 Å². The first kappa shape index (κ1) is 19.2. The molecular formula is C15H11N3O9. The van der Waals surface area contributed by atoms with E-state index in [1.807, 2.05) is 0 Å². The summed E-state index contributed by atoms with van der Waals surface area (Å²) in [4.78, 5) is 47.4. The molecule has 0 radical (unpaired) electrons. The van der Waals surface area contributed by atoms with Crippen LogP contribution in [-0.2, 0) is 0 Å². The first-order valence-corrected chi connectivity index (χ1v) is 7.12. The topological polar surface area (TPSA) is 186 Å². The Morgan fingerprint density at radius 3 is 2.00 bits per heavy atom. The number of benzene rings is 1. The lowest BCUT2D eigenvalue weighted by Gasteiger charge is -2.07. The lowest BCUT2D eigenvalue weighted by Crippen LogP contribution is -2.15. The fourth-order valence-electron chi connectivity index (χ4n) is 2.25. The largest absolute Gasteiger partial charge is 0.506 e. The Balaban J connectivity index is 2.70. The van der Waals surface area contributed by atoms with Gasteiger partial charge in [-0.15, -0.1) is 0 Å². The summed E-state index contributed by atoms with van der Waals surface area (Å²) in [5.74, 6) is -2.77. The van der Waals surface area contributed by atoms with Gasteiger partial charge in [0.25, 0.3) is 17.3 Å². The summed E-state index contributed by atoms with van der Waals surface area (Å²) in [5, 5.41) is 41.4. The first-order valence-electron chi connectivity index (χ1n) is 7.12. The Kier molecular flexibility index (Phi) is 5.01. The highest BCUT2D eigenvalue weighted by Crippen LogP contribution is 2.31. The second-order valence-electron chi connectivity index (χ2n) is 5.27. The fraction of sp³-hybridized carbons (Fsp3) is 0.133. The molecule has 1 aromatic carbocycles. The number of carbonyl (C=O) groups excluding carboxylic acids is 1. The van der Waals surface area contributed by atoms with Gasteiger partial charge >= 0.3 is 5.63 Å². The third kappa shape index (κ3) is 3.78. The molecule has 0 saturated heterocycles. The van der Waals surface area contributed by atoms with Crippen LogP contribution < -0.4 is 5.63 Å². The van der Waals surface area contributed by atoms with Crippen molar-refractivity contribution in [2.24, 2.45) is 4.99 Å². The van der Waals surface area contributed by atoms with E-state index >= 15 is 0 Å². The summed E-state index contributed by atoms with van der Waals surface area (Å²) >= 11 is 0. The molecule has 0 aliphatic rings. The molecule has 0 fully saturated rings. The van der Waals surface area contributed by atoms with Crippen LogP contribution in [0.15, 0.2) is 32.4 Å². The highest BCUT2D eigenvalue weighted by atomic mass is 16.6. The van der Waals surface area contributed by atoms with Crippen LogP contribution in [0, 0.1) is 20.2 Å². The normalized spacial score (nSPS) is 11.3. The summed E-state index contributed by atoms with van der Waals surface area (Å²) < 4.78 is 4.49. The summed E-state index contributed by atoms with van der Waals surface area (Å²) in [6, 6.07) is 2.57. The smallest absolute Gasteiger partial charge is 0.351 e. The third-order valence-electron chi connectivity index (χ3n) is 3.40. The summed E-state index contributed by atoms with van der Waals surface area (Å²) in [6.07, 6.45) is 0. The van der Waals surface area contributed by atoms with Crippen LogP contribution in [0.1, 0.15) is 29.8 Å². The van der Waals surface area contributed by atoms with E-state index in [0.29, 0.717) is 0 Å². The number of non-ortho nitro benzene ring substituents is 2. The molecule has 0 amide bonds. The standard InChI is InChI=1S/C15H11N3O9/c1-6(11-13(20)12(7(2)19)15(22)27-14(11)21)16-8-3-9(17(23)24)5-10(4-8)18(25)26/h3-5,20,22H,1-2H3. The number of hydrogen-bond acceptors (Lipinski definition) is 10. The van der Waals surface area contributed by atoms with E-state index in [1.165, 1.54) is 6.92 Å². The van der Waals surface area contributed by atoms with Crippen LogP contribution >= 0.6 is 0 Å². The van der Waals surface area contributed by atoms with Gasteiger partial charge in [-0.1, -0.05) is 0 Å². The molecule has 0 aliphatic carbocycles. The van der Waals surface area contributed by atoms with Crippen LogP contribution in [0.25, 0.3) is 0 Å². The Bertz CT molecular complexity index is 1040. The Morgan fingerprint density at radius 1 is 1.04 bits per heavy atom. The van der Waals surface area contributed by atoms with Gasteiger partial charge in [-0.3, -0.25) is 30.0 Å². The lowest BCUT2D eigenvalue weighted by molar-refractivity contribution is -0.394. The zero-order valence-electron chi connectivity index (χ0n) is 13.8. The SMILES string of the molecule is CC(=O)c1c(O)oc(=O)c(C(C)=Nc2cc([N+](=O)[O-])cc([N+](=O)[O-])c2)c1O. The number of nitro groups is 2. The Hall–Kier alpha value is -4.09. The minimum absolute atomic E-state index is 0.246. The quantitative estimate of drug-likeness (QED) is 0.341. The Morgan fingerprint density at radius 2 is 1.56 bits per heavy atom. The van der Waals surface area contributed by atoms with Gasteiger partial charge < -0.3 is 14.6 Å². The third-order valence-corrected chi connectivity index (χ3v) is 3.40. The highest BCUT2D eigenvalue weighted by molar-refractivity contribution is 6.07. The summed E-state index contributed by atoms with van der Waals surface area (Å²) in [5.41, 5.74) is -4.17. The minimum Gasteiger partial charge on any atom is -0.506 e. The van der Waals surface area contributed by atoms with Gasteiger partial charge in [-0.2, -0.15) is 0 Å². The first-order chi connectivity index (χ1) is 12.5. The molecule has 140 valence electrons. The van der Waals surface area contributed by atoms with Crippen molar-refractivity contribution in [2.45, 2.75) is 13.8 Å². The van der Waals surface area contributed by atoms with Gasteiger partial charge in [0.15, 0.2) is 5.78 Å². The molecule has 2 rings (SSSR count). The molecule has 0 aliphatic heterocycles. The number of rotatable bonds is 5. The number of nitro benzene ring substituents is 2. The van der Waals surface area contributed by atoms with E-state index < -0.39 is 55.5 Å². The van der Waals surface area contributed by atoms with Crippen molar-refractivity contribution in [1.29, 1.82) is 0 Å². The minimum atomic E-state index is -1.23. The zero-order valence-corrected chi connectivity index (χ0v) is 13.8. The van der Waals surface area contributed by atoms with Gasteiger partial charge in [0, 0.05) is 12.1 Å².